The summed E-state index contributed by atoms with van der Waals surface area (Å²) in [5, 5.41) is 5.62. The number of aryl methyl sites for hydroxylation is 1. The highest BCUT2D eigenvalue weighted by atomic mass is 16.5. The van der Waals surface area contributed by atoms with Crippen LogP contribution in [0.25, 0.3) is 0 Å². The lowest BCUT2D eigenvalue weighted by molar-refractivity contribution is -0.127. The van der Waals surface area contributed by atoms with Crippen molar-refractivity contribution >= 4 is 34.8 Å². The predicted molar refractivity (Wildman–Crippen MR) is 123 cm³/mol. The van der Waals surface area contributed by atoms with Gasteiger partial charge in [0.15, 0.2) is 6.10 Å². The Morgan fingerprint density at radius 1 is 0.969 bits per heavy atom. The van der Waals surface area contributed by atoms with Crippen molar-refractivity contribution in [1.29, 1.82) is 0 Å². The molecule has 0 spiro atoms. The lowest BCUT2D eigenvalue weighted by Crippen LogP contribution is -2.47. The summed E-state index contributed by atoms with van der Waals surface area (Å²) < 4.78 is 5.61. The number of rotatable bonds is 5. The molecule has 0 aliphatic carbocycles. The summed E-state index contributed by atoms with van der Waals surface area (Å²) in [5.74, 6) is -0.513. The summed E-state index contributed by atoms with van der Waals surface area (Å²) in [6.07, 6.45) is -0.690. The van der Waals surface area contributed by atoms with Crippen molar-refractivity contribution < 1.29 is 19.1 Å². The molecule has 2 N–H and O–H groups in total. The highest BCUT2D eigenvalue weighted by Crippen LogP contribution is 2.33. The summed E-state index contributed by atoms with van der Waals surface area (Å²) in [6.45, 7) is 3.39. The second-order valence-electron chi connectivity index (χ2n) is 7.57. The Kier molecular flexibility index (Phi) is 5.89. The van der Waals surface area contributed by atoms with Gasteiger partial charge < -0.3 is 15.4 Å². The molecular weight excluding hydrogens is 406 g/mol. The minimum atomic E-state index is -0.690. The molecule has 0 radical (unpaired) electrons. The van der Waals surface area contributed by atoms with E-state index in [1.165, 1.54) is 4.90 Å². The molecule has 1 unspecified atom stereocenters. The van der Waals surface area contributed by atoms with Crippen LogP contribution in [0.3, 0.4) is 0 Å². The van der Waals surface area contributed by atoms with Crippen LogP contribution in [0.2, 0.25) is 0 Å². The molecule has 3 aromatic carbocycles. The highest BCUT2D eigenvalue weighted by Gasteiger charge is 2.32. The molecular formula is C25H23N3O4. The van der Waals surface area contributed by atoms with Gasteiger partial charge in [-0.3, -0.25) is 19.3 Å². The molecule has 162 valence electrons. The first-order chi connectivity index (χ1) is 15.4. The number of nitrogens with one attached hydrogen (secondary N) is 2. The van der Waals surface area contributed by atoms with Crippen molar-refractivity contribution in [3.63, 3.8) is 0 Å². The van der Waals surface area contributed by atoms with Crippen LogP contribution in [0.1, 0.15) is 22.8 Å². The lowest BCUT2D eigenvalue weighted by atomic mass is 10.1. The van der Waals surface area contributed by atoms with Gasteiger partial charge in [-0.1, -0.05) is 36.4 Å². The van der Waals surface area contributed by atoms with Crippen molar-refractivity contribution in [2.75, 3.05) is 22.1 Å². The number of hydrogen-bond donors (Lipinski definition) is 2. The van der Waals surface area contributed by atoms with Crippen LogP contribution < -0.4 is 20.3 Å². The topological polar surface area (TPSA) is 87.7 Å². The number of ether oxygens (including phenoxy) is 1. The summed E-state index contributed by atoms with van der Waals surface area (Å²) in [6, 6.07) is 21.3. The van der Waals surface area contributed by atoms with Crippen molar-refractivity contribution in [2.45, 2.75) is 20.0 Å². The van der Waals surface area contributed by atoms with Gasteiger partial charge in [0.25, 0.3) is 11.8 Å². The minimum Gasteiger partial charge on any atom is -0.479 e. The number of para-hydroxylation sites is 3. The molecule has 7 nitrogen and oxygen atoms in total. The first-order valence-corrected chi connectivity index (χ1v) is 10.3. The van der Waals surface area contributed by atoms with E-state index in [1.54, 1.807) is 55.5 Å². The van der Waals surface area contributed by atoms with Crippen LogP contribution >= 0.6 is 0 Å². The first kappa shape index (κ1) is 21.1. The Morgan fingerprint density at radius 3 is 2.53 bits per heavy atom. The predicted octanol–water partition coefficient (Wildman–Crippen LogP) is 4.00. The maximum Gasteiger partial charge on any atom is 0.268 e. The Balaban J connectivity index is 1.51. The molecule has 0 fully saturated rings. The van der Waals surface area contributed by atoms with Crippen LogP contribution in [0.5, 0.6) is 5.75 Å². The number of benzene rings is 3. The molecule has 3 amide bonds. The number of amides is 3. The van der Waals surface area contributed by atoms with Gasteiger partial charge in [-0.15, -0.1) is 0 Å². The molecule has 1 aliphatic heterocycles. The van der Waals surface area contributed by atoms with Crippen LogP contribution in [0.15, 0.2) is 72.8 Å². The zero-order valence-corrected chi connectivity index (χ0v) is 17.8. The molecule has 0 saturated heterocycles. The maximum absolute atomic E-state index is 12.8. The van der Waals surface area contributed by atoms with Crippen molar-refractivity contribution in [3.8, 4) is 5.75 Å². The SMILES string of the molecule is Cc1cccc(NC(=O)c2ccccc2NC(=O)CN2C(=O)C(C)Oc3ccccc32)c1. The van der Waals surface area contributed by atoms with E-state index in [1.807, 2.05) is 31.2 Å². The monoisotopic (exact) mass is 429 g/mol. The third kappa shape index (κ3) is 4.46. The van der Waals surface area contributed by atoms with E-state index in [2.05, 4.69) is 10.6 Å². The van der Waals surface area contributed by atoms with Crippen LogP contribution in [-0.2, 0) is 9.59 Å². The van der Waals surface area contributed by atoms with E-state index < -0.39 is 12.0 Å². The number of nitrogens with zero attached hydrogens (tertiary/aromatic N) is 1. The van der Waals surface area contributed by atoms with E-state index in [-0.39, 0.29) is 18.4 Å². The van der Waals surface area contributed by atoms with Gasteiger partial charge in [-0.25, -0.2) is 0 Å². The molecule has 4 rings (SSSR count). The molecule has 3 aromatic rings. The maximum atomic E-state index is 12.8. The van der Waals surface area contributed by atoms with E-state index in [0.29, 0.717) is 28.4 Å². The van der Waals surface area contributed by atoms with Gasteiger partial charge in [-0.05, 0) is 55.8 Å². The third-order valence-corrected chi connectivity index (χ3v) is 5.10. The number of carbonyl (C=O) groups excluding carboxylic acids is 3. The standard InChI is InChI=1S/C25H23N3O4/c1-16-8-7-9-18(14-16)26-24(30)19-10-3-4-11-20(19)27-23(29)15-28-21-12-5-6-13-22(21)32-17(2)25(28)31/h3-14,17H,15H2,1-2H3,(H,26,30)(H,27,29). The summed E-state index contributed by atoms with van der Waals surface area (Å²) in [7, 11) is 0. The Labute approximate surface area is 186 Å². The molecule has 7 heteroatoms. The van der Waals surface area contributed by atoms with Crippen LogP contribution in [-0.4, -0.2) is 30.4 Å². The van der Waals surface area contributed by atoms with Gasteiger partial charge in [0, 0.05) is 5.69 Å². The average Bonchev–Trinajstić information content (AvgIpc) is 2.77. The van der Waals surface area contributed by atoms with Gasteiger partial charge in [0.05, 0.1) is 16.9 Å². The number of fused-ring (bicyclic) bond motifs is 1. The fourth-order valence-corrected chi connectivity index (χ4v) is 3.57. The number of carbonyl (C=O) groups is 3. The van der Waals surface area contributed by atoms with Gasteiger partial charge in [0.1, 0.15) is 12.3 Å². The quantitative estimate of drug-likeness (QED) is 0.642. The average molecular weight is 429 g/mol. The van der Waals surface area contributed by atoms with E-state index in [4.69, 9.17) is 4.74 Å². The zero-order chi connectivity index (χ0) is 22.7. The first-order valence-electron chi connectivity index (χ1n) is 10.3. The van der Waals surface area contributed by atoms with Gasteiger partial charge in [-0.2, -0.15) is 0 Å². The molecule has 0 aromatic heterocycles. The van der Waals surface area contributed by atoms with Crippen LogP contribution in [0, 0.1) is 6.92 Å². The highest BCUT2D eigenvalue weighted by molar-refractivity contribution is 6.11. The number of hydrogen-bond acceptors (Lipinski definition) is 4. The minimum absolute atomic E-state index is 0.197. The molecule has 1 aliphatic rings. The summed E-state index contributed by atoms with van der Waals surface area (Å²) >= 11 is 0. The molecule has 0 bridgehead atoms. The fraction of sp³-hybridized carbons (Fsp3) is 0.160. The normalized spacial score (nSPS) is 14.9. The molecule has 1 atom stereocenters. The Morgan fingerprint density at radius 2 is 1.72 bits per heavy atom. The second-order valence-corrected chi connectivity index (χ2v) is 7.57. The third-order valence-electron chi connectivity index (χ3n) is 5.10. The largest absolute Gasteiger partial charge is 0.479 e. The van der Waals surface area contributed by atoms with E-state index in [9.17, 15) is 14.4 Å². The smallest absolute Gasteiger partial charge is 0.268 e. The summed E-state index contributed by atoms with van der Waals surface area (Å²) in [4.78, 5) is 39.7. The van der Waals surface area contributed by atoms with Gasteiger partial charge >= 0.3 is 0 Å². The van der Waals surface area contributed by atoms with Crippen molar-refractivity contribution in [2.24, 2.45) is 0 Å². The van der Waals surface area contributed by atoms with Crippen molar-refractivity contribution in [3.05, 3.63) is 83.9 Å². The Hall–Kier alpha value is -4.13. The number of anilines is 3. The lowest BCUT2D eigenvalue weighted by Gasteiger charge is -2.32. The Bertz CT molecular complexity index is 1190. The fourth-order valence-electron chi connectivity index (χ4n) is 3.57. The second kappa shape index (κ2) is 8.93. The van der Waals surface area contributed by atoms with Crippen LogP contribution in [0.4, 0.5) is 17.1 Å². The van der Waals surface area contributed by atoms with E-state index >= 15 is 0 Å². The zero-order valence-electron chi connectivity index (χ0n) is 17.8. The van der Waals surface area contributed by atoms with E-state index in [0.717, 1.165) is 5.56 Å². The van der Waals surface area contributed by atoms with Gasteiger partial charge in [0.2, 0.25) is 5.91 Å². The van der Waals surface area contributed by atoms with Crippen molar-refractivity contribution in [1.82, 2.24) is 0 Å². The molecule has 1 heterocycles. The molecule has 32 heavy (non-hydrogen) atoms. The summed E-state index contributed by atoms with van der Waals surface area (Å²) in [5.41, 5.74) is 2.92. The molecule has 0 saturated carbocycles.